The molecule has 2 heteroatoms. The number of aryl methyl sites for hydroxylation is 1. The van der Waals surface area contributed by atoms with Crippen LogP contribution < -0.4 is 0 Å². The molecule has 0 atom stereocenters. The number of halogens is 1. The van der Waals surface area contributed by atoms with Crippen molar-refractivity contribution in [1.82, 2.24) is 4.98 Å². The molecule has 0 spiro atoms. The molecule has 0 aliphatic rings. The number of pyridine rings is 1. The van der Waals surface area contributed by atoms with Gasteiger partial charge in [0.2, 0.25) is 0 Å². The predicted molar refractivity (Wildman–Crippen MR) is 79.8 cm³/mol. The third kappa shape index (κ3) is 2.45. The Morgan fingerprint density at radius 3 is 2.40 bits per heavy atom. The largest absolute Gasteiger partial charge is 0.256 e. The molecule has 20 heavy (non-hydrogen) atoms. The average molecular weight is 263 g/mol. The summed E-state index contributed by atoms with van der Waals surface area (Å²) in [6.45, 7) is 2.06. The van der Waals surface area contributed by atoms with E-state index in [4.69, 9.17) is 0 Å². The van der Waals surface area contributed by atoms with Crippen molar-refractivity contribution in [2.45, 2.75) is 6.92 Å². The van der Waals surface area contributed by atoms with Crippen LogP contribution in [0.2, 0.25) is 0 Å². The highest BCUT2D eigenvalue weighted by Gasteiger charge is 2.08. The topological polar surface area (TPSA) is 12.9 Å². The van der Waals surface area contributed by atoms with Gasteiger partial charge >= 0.3 is 0 Å². The third-order valence-electron chi connectivity index (χ3n) is 3.25. The minimum atomic E-state index is -0.227. The third-order valence-corrected chi connectivity index (χ3v) is 3.25. The fourth-order valence-corrected chi connectivity index (χ4v) is 2.29. The molecule has 0 unspecified atom stereocenters. The lowest BCUT2D eigenvalue weighted by atomic mass is 9.98. The van der Waals surface area contributed by atoms with Crippen LogP contribution in [0.1, 0.15) is 5.56 Å². The molecule has 3 rings (SSSR count). The van der Waals surface area contributed by atoms with Crippen LogP contribution in [0.3, 0.4) is 0 Å². The van der Waals surface area contributed by atoms with E-state index in [0.29, 0.717) is 0 Å². The zero-order valence-corrected chi connectivity index (χ0v) is 11.2. The number of hydrogen-bond donors (Lipinski definition) is 0. The molecule has 0 aliphatic heterocycles. The van der Waals surface area contributed by atoms with Crippen LogP contribution in [0.15, 0.2) is 66.9 Å². The van der Waals surface area contributed by atoms with Gasteiger partial charge in [-0.1, -0.05) is 42.0 Å². The normalized spacial score (nSPS) is 10.5. The van der Waals surface area contributed by atoms with E-state index < -0.39 is 0 Å². The number of benzene rings is 2. The van der Waals surface area contributed by atoms with Gasteiger partial charge < -0.3 is 0 Å². The fourth-order valence-electron chi connectivity index (χ4n) is 2.29. The van der Waals surface area contributed by atoms with E-state index in [1.165, 1.54) is 17.7 Å². The number of aromatic nitrogens is 1. The van der Waals surface area contributed by atoms with Gasteiger partial charge in [0, 0.05) is 17.3 Å². The van der Waals surface area contributed by atoms with Crippen molar-refractivity contribution in [2.24, 2.45) is 0 Å². The summed E-state index contributed by atoms with van der Waals surface area (Å²) in [5.41, 5.74) is 5.17. The Labute approximate surface area is 117 Å². The van der Waals surface area contributed by atoms with Gasteiger partial charge in [0.25, 0.3) is 0 Å². The van der Waals surface area contributed by atoms with Crippen molar-refractivity contribution < 1.29 is 4.39 Å². The minimum Gasteiger partial charge on any atom is -0.256 e. The summed E-state index contributed by atoms with van der Waals surface area (Å²) in [6, 6.07) is 18.7. The first-order valence-electron chi connectivity index (χ1n) is 6.52. The lowest BCUT2D eigenvalue weighted by molar-refractivity contribution is 0.628. The molecule has 0 N–H and O–H groups in total. The first kappa shape index (κ1) is 12.5. The van der Waals surface area contributed by atoms with E-state index in [1.54, 1.807) is 18.3 Å². The van der Waals surface area contributed by atoms with Gasteiger partial charge in [0.1, 0.15) is 5.82 Å². The molecule has 1 nitrogen and oxygen atoms in total. The number of rotatable bonds is 2. The van der Waals surface area contributed by atoms with Gasteiger partial charge in [-0.2, -0.15) is 0 Å². The number of nitrogens with zero attached hydrogens (tertiary/aromatic N) is 1. The summed E-state index contributed by atoms with van der Waals surface area (Å²) in [6.07, 6.45) is 1.78. The van der Waals surface area contributed by atoms with Gasteiger partial charge in [-0.15, -0.1) is 0 Å². The Kier molecular flexibility index (Phi) is 3.30. The van der Waals surface area contributed by atoms with Gasteiger partial charge in [0.15, 0.2) is 0 Å². The van der Waals surface area contributed by atoms with Gasteiger partial charge in [-0.3, -0.25) is 4.98 Å². The Balaban J connectivity index is 2.16. The molecule has 0 radical (unpaired) electrons. The summed E-state index contributed by atoms with van der Waals surface area (Å²) in [5.74, 6) is -0.227. The second-order valence-corrected chi connectivity index (χ2v) is 4.78. The van der Waals surface area contributed by atoms with Crippen LogP contribution in [0.4, 0.5) is 4.39 Å². The molecule has 0 fully saturated rings. The van der Waals surface area contributed by atoms with E-state index in [0.717, 1.165) is 22.4 Å². The Morgan fingerprint density at radius 1 is 0.850 bits per heavy atom. The second-order valence-electron chi connectivity index (χ2n) is 4.78. The van der Waals surface area contributed by atoms with Crippen LogP contribution in [-0.4, -0.2) is 4.98 Å². The second kappa shape index (κ2) is 5.25. The van der Waals surface area contributed by atoms with Gasteiger partial charge in [-0.05, 0) is 36.8 Å². The van der Waals surface area contributed by atoms with Gasteiger partial charge in [-0.25, -0.2) is 4.39 Å². The van der Waals surface area contributed by atoms with Crippen molar-refractivity contribution in [1.29, 1.82) is 0 Å². The monoisotopic (exact) mass is 263 g/mol. The quantitative estimate of drug-likeness (QED) is 0.643. The van der Waals surface area contributed by atoms with E-state index in [9.17, 15) is 4.39 Å². The van der Waals surface area contributed by atoms with Gasteiger partial charge in [0.05, 0.1) is 5.69 Å². The molecule has 0 saturated carbocycles. The molecule has 0 bridgehead atoms. The van der Waals surface area contributed by atoms with Crippen LogP contribution >= 0.6 is 0 Å². The molecule has 98 valence electrons. The molecule has 0 aliphatic carbocycles. The lowest BCUT2D eigenvalue weighted by Crippen LogP contribution is -1.89. The fraction of sp³-hybridized carbons (Fsp3) is 0.0556. The molecular formula is C18H14FN. The summed E-state index contributed by atoms with van der Waals surface area (Å²) in [7, 11) is 0. The Morgan fingerprint density at radius 2 is 1.65 bits per heavy atom. The summed E-state index contributed by atoms with van der Waals surface area (Å²) in [4.78, 5) is 4.50. The van der Waals surface area contributed by atoms with Crippen LogP contribution in [0.25, 0.3) is 22.4 Å². The zero-order valence-electron chi connectivity index (χ0n) is 11.2. The Hall–Kier alpha value is -2.48. The summed E-state index contributed by atoms with van der Waals surface area (Å²) < 4.78 is 13.1. The number of hydrogen-bond acceptors (Lipinski definition) is 1. The first-order chi connectivity index (χ1) is 9.74. The molecule has 0 amide bonds. The molecular weight excluding hydrogens is 249 g/mol. The van der Waals surface area contributed by atoms with Crippen molar-refractivity contribution in [3.05, 3.63) is 78.2 Å². The maximum atomic E-state index is 13.1. The molecule has 0 saturated heterocycles. The van der Waals surface area contributed by atoms with Crippen LogP contribution in [0, 0.1) is 12.7 Å². The van der Waals surface area contributed by atoms with Crippen LogP contribution in [-0.2, 0) is 0 Å². The predicted octanol–water partition coefficient (Wildman–Crippen LogP) is 4.86. The molecule has 1 aromatic heterocycles. The first-order valence-corrected chi connectivity index (χ1v) is 6.52. The minimum absolute atomic E-state index is 0.227. The van der Waals surface area contributed by atoms with Crippen molar-refractivity contribution in [2.75, 3.05) is 0 Å². The van der Waals surface area contributed by atoms with E-state index in [1.807, 2.05) is 24.3 Å². The highest BCUT2D eigenvalue weighted by molar-refractivity contribution is 5.80. The lowest BCUT2D eigenvalue weighted by Gasteiger charge is -2.09. The van der Waals surface area contributed by atoms with Crippen LogP contribution in [0.5, 0.6) is 0 Å². The maximum Gasteiger partial charge on any atom is 0.123 e. The zero-order chi connectivity index (χ0) is 13.9. The SMILES string of the molecule is Cc1cccc(-c2ncccc2-c2ccc(F)cc2)c1. The van der Waals surface area contributed by atoms with Crippen molar-refractivity contribution >= 4 is 0 Å². The van der Waals surface area contributed by atoms with E-state index in [-0.39, 0.29) is 5.82 Å². The smallest absolute Gasteiger partial charge is 0.123 e. The average Bonchev–Trinajstić information content (AvgIpc) is 2.48. The maximum absolute atomic E-state index is 13.1. The Bertz CT molecular complexity index is 732. The summed E-state index contributed by atoms with van der Waals surface area (Å²) >= 11 is 0. The highest BCUT2D eigenvalue weighted by atomic mass is 19.1. The van der Waals surface area contributed by atoms with Crippen molar-refractivity contribution in [3.8, 4) is 22.4 Å². The standard InChI is InChI=1S/C18H14FN/c1-13-4-2-5-15(12-13)18-17(6-3-11-20-18)14-7-9-16(19)10-8-14/h2-12H,1H3. The van der Waals surface area contributed by atoms with E-state index in [2.05, 4.69) is 24.0 Å². The van der Waals surface area contributed by atoms with Crippen molar-refractivity contribution in [3.63, 3.8) is 0 Å². The molecule has 2 aromatic carbocycles. The molecule has 3 aromatic rings. The summed E-state index contributed by atoms with van der Waals surface area (Å²) in [5, 5.41) is 0. The highest BCUT2D eigenvalue weighted by Crippen LogP contribution is 2.30. The molecule has 1 heterocycles. The van der Waals surface area contributed by atoms with E-state index >= 15 is 0 Å².